The van der Waals surface area contributed by atoms with Crippen LogP contribution in [0.3, 0.4) is 0 Å². The molecular weight excluding hydrogens is 434 g/mol. The summed E-state index contributed by atoms with van der Waals surface area (Å²) in [6, 6.07) is 5.96. The third-order valence-corrected chi connectivity index (χ3v) is 9.41. The molecule has 0 spiro atoms. The van der Waals surface area contributed by atoms with Crippen molar-refractivity contribution in [2.24, 2.45) is 5.73 Å². The van der Waals surface area contributed by atoms with Crippen molar-refractivity contribution in [3.8, 4) is 0 Å². The number of primary amides is 1. The van der Waals surface area contributed by atoms with E-state index in [0.29, 0.717) is 16.1 Å². The molecule has 0 bridgehead atoms. The van der Waals surface area contributed by atoms with Gasteiger partial charge in [0.05, 0.1) is 10.5 Å². The van der Waals surface area contributed by atoms with E-state index in [-0.39, 0.29) is 10.9 Å². The number of sulfonamides is 1. The largest absolute Gasteiger partial charge is 0.365 e. The number of carbonyl (C=O) groups is 2. The number of carbonyl (C=O) groups excluding carboxylic acids is 2. The van der Waals surface area contributed by atoms with Crippen molar-refractivity contribution < 1.29 is 18.0 Å². The molecule has 0 saturated heterocycles. The first-order chi connectivity index (χ1) is 14.8. The monoisotopic (exact) mass is 461 g/mol. The molecule has 1 saturated carbocycles. The summed E-state index contributed by atoms with van der Waals surface area (Å²) in [7, 11) is -1.98. The Morgan fingerprint density at radius 1 is 1.06 bits per heavy atom. The number of hydrogen-bond acceptors (Lipinski definition) is 5. The number of nitrogens with one attached hydrogen (secondary N) is 1. The SMILES string of the molecule is CN(C1CCCC1)S(=O)(=O)c1ccc(C(=O)Nc2sc3c(c2C(N)=O)CCCC3)cc1. The van der Waals surface area contributed by atoms with Crippen LogP contribution in [0.25, 0.3) is 0 Å². The highest BCUT2D eigenvalue weighted by atomic mass is 32.2. The Hall–Kier alpha value is -2.23. The summed E-state index contributed by atoms with van der Waals surface area (Å²) >= 11 is 1.40. The van der Waals surface area contributed by atoms with E-state index in [2.05, 4.69) is 5.32 Å². The lowest BCUT2D eigenvalue weighted by atomic mass is 9.95. The summed E-state index contributed by atoms with van der Waals surface area (Å²) in [5, 5.41) is 3.28. The van der Waals surface area contributed by atoms with Gasteiger partial charge in [0.2, 0.25) is 10.0 Å². The first-order valence-electron chi connectivity index (χ1n) is 10.6. The zero-order valence-corrected chi connectivity index (χ0v) is 19.2. The Labute approximate surface area is 186 Å². The summed E-state index contributed by atoms with van der Waals surface area (Å²) in [6.45, 7) is 0. The number of aryl methyl sites for hydroxylation is 1. The van der Waals surface area contributed by atoms with Crippen LogP contribution in [0.4, 0.5) is 5.00 Å². The molecule has 1 aromatic heterocycles. The zero-order valence-electron chi connectivity index (χ0n) is 17.5. The lowest BCUT2D eigenvalue weighted by Crippen LogP contribution is -2.35. The predicted molar refractivity (Wildman–Crippen MR) is 121 cm³/mol. The van der Waals surface area contributed by atoms with Crippen LogP contribution < -0.4 is 11.1 Å². The van der Waals surface area contributed by atoms with Gasteiger partial charge in [-0.25, -0.2) is 8.42 Å². The van der Waals surface area contributed by atoms with E-state index in [0.717, 1.165) is 61.8 Å². The van der Waals surface area contributed by atoms with Crippen molar-refractivity contribution in [3.63, 3.8) is 0 Å². The summed E-state index contributed by atoms with van der Waals surface area (Å²) in [5.41, 5.74) is 7.28. The molecule has 31 heavy (non-hydrogen) atoms. The fourth-order valence-electron chi connectivity index (χ4n) is 4.50. The molecule has 4 rings (SSSR count). The average Bonchev–Trinajstić information content (AvgIpc) is 3.40. The van der Waals surface area contributed by atoms with Crippen LogP contribution in [-0.4, -0.2) is 37.6 Å². The molecule has 1 heterocycles. The molecule has 7 nitrogen and oxygen atoms in total. The summed E-state index contributed by atoms with van der Waals surface area (Å²) in [4.78, 5) is 26.1. The van der Waals surface area contributed by atoms with Crippen molar-refractivity contribution in [2.75, 3.05) is 12.4 Å². The minimum absolute atomic E-state index is 0.0325. The number of amides is 2. The molecule has 2 aliphatic carbocycles. The molecule has 0 atom stereocenters. The Bertz CT molecular complexity index is 1100. The normalized spacial score (nSPS) is 17.0. The highest BCUT2D eigenvalue weighted by molar-refractivity contribution is 7.89. The quantitative estimate of drug-likeness (QED) is 0.685. The van der Waals surface area contributed by atoms with Crippen LogP contribution in [-0.2, 0) is 22.9 Å². The summed E-state index contributed by atoms with van der Waals surface area (Å²) < 4.78 is 27.2. The molecule has 166 valence electrons. The third kappa shape index (κ3) is 4.26. The molecule has 0 radical (unpaired) electrons. The molecule has 1 aromatic carbocycles. The fraction of sp³-hybridized carbons (Fsp3) is 0.455. The van der Waals surface area contributed by atoms with E-state index < -0.39 is 21.8 Å². The maximum atomic E-state index is 12.9. The second-order valence-corrected chi connectivity index (χ2v) is 11.3. The number of fused-ring (bicyclic) bond motifs is 1. The number of rotatable bonds is 6. The number of hydrogen-bond donors (Lipinski definition) is 2. The molecular formula is C22H27N3O4S2. The molecule has 2 aliphatic rings. The van der Waals surface area contributed by atoms with Gasteiger partial charge in [-0.3, -0.25) is 9.59 Å². The first-order valence-corrected chi connectivity index (χ1v) is 12.9. The summed E-state index contributed by atoms with van der Waals surface area (Å²) in [5.74, 6) is -0.930. The van der Waals surface area contributed by atoms with Gasteiger partial charge in [-0.1, -0.05) is 12.8 Å². The number of thiophene rings is 1. The molecule has 9 heteroatoms. The molecule has 3 N–H and O–H groups in total. The summed E-state index contributed by atoms with van der Waals surface area (Å²) in [6.07, 6.45) is 7.59. The van der Waals surface area contributed by atoms with Gasteiger partial charge < -0.3 is 11.1 Å². The van der Waals surface area contributed by atoms with Gasteiger partial charge in [-0.05, 0) is 68.4 Å². The van der Waals surface area contributed by atoms with Crippen LogP contribution in [0, 0.1) is 0 Å². The predicted octanol–water partition coefficient (Wildman–Crippen LogP) is 3.54. The average molecular weight is 462 g/mol. The van der Waals surface area contributed by atoms with E-state index in [9.17, 15) is 18.0 Å². The molecule has 0 aliphatic heterocycles. The second kappa shape index (κ2) is 8.72. The highest BCUT2D eigenvalue weighted by Gasteiger charge is 2.30. The van der Waals surface area contributed by atoms with E-state index in [1.54, 1.807) is 7.05 Å². The van der Waals surface area contributed by atoms with Gasteiger partial charge in [0.15, 0.2) is 0 Å². The Morgan fingerprint density at radius 2 is 1.71 bits per heavy atom. The highest BCUT2D eigenvalue weighted by Crippen LogP contribution is 2.38. The van der Waals surface area contributed by atoms with Gasteiger partial charge in [0.25, 0.3) is 11.8 Å². The van der Waals surface area contributed by atoms with Crippen molar-refractivity contribution in [1.29, 1.82) is 0 Å². The van der Waals surface area contributed by atoms with E-state index in [1.807, 2.05) is 0 Å². The Morgan fingerprint density at radius 3 is 2.35 bits per heavy atom. The lowest BCUT2D eigenvalue weighted by molar-refractivity contribution is 0.100. The third-order valence-electron chi connectivity index (χ3n) is 6.28. The van der Waals surface area contributed by atoms with Crippen LogP contribution >= 0.6 is 11.3 Å². The van der Waals surface area contributed by atoms with Gasteiger partial charge in [0, 0.05) is 23.5 Å². The maximum Gasteiger partial charge on any atom is 0.256 e. The first kappa shape index (κ1) is 22.0. The van der Waals surface area contributed by atoms with Crippen molar-refractivity contribution in [1.82, 2.24) is 4.31 Å². The van der Waals surface area contributed by atoms with Crippen LogP contribution in [0.5, 0.6) is 0 Å². The van der Waals surface area contributed by atoms with Gasteiger partial charge in [0.1, 0.15) is 5.00 Å². The fourth-order valence-corrected chi connectivity index (χ4v) is 7.20. The van der Waals surface area contributed by atoms with Gasteiger partial charge >= 0.3 is 0 Å². The Kier molecular flexibility index (Phi) is 6.18. The minimum Gasteiger partial charge on any atom is -0.365 e. The number of nitrogens with zero attached hydrogens (tertiary/aromatic N) is 1. The topological polar surface area (TPSA) is 110 Å². The van der Waals surface area contributed by atoms with Gasteiger partial charge in [-0.15, -0.1) is 11.3 Å². The van der Waals surface area contributed by atoms with Crippen molar-refractivity contribution >= 4 is 38.2 Å². The number of nitrogens with two attached hydrogens (primary N) is 1. The van der Waals surface area contributed by atoms with E-state index >= 15 is 0 Å². The minimum atomic E-state index is -3.60. The standard InChI is InChI=1S/C22H27N3O4S2/c1-25(15-6-2-3-7-15)31(28,29)16-12-10-14(11-13-16)21(27)24-22-19(20(23)26)17-8-4-5-9-18(17)30-22/h10-13,15H,2-9H2,1H3,(H2,23,26)(H,24,27). The van der Waals surface area contributed by atoms with E-state index in [1.165, 1.54) is 39.9 Å². The molecule has 1 fully saturated rings. The second-order valence-electron chi connectivity index (χ2n) is 8.22. The maximum absolute atomic E-state index is 12.9. The smallest absolute Gasteiger partial charge is 0.256 e. The van der Waals surface area contributed by atoms with Crippen molar-refractivity contribution in [3.05, 3.63) is 45.8 Å². The van der Waals surface area contributed by atoms with Crippen LogP contribution in [0.15, 0.2) is 29.2 Å². The molecule has 0 unspecified atom stereocenters. The molecule has 2 amide bonds. The van der Waals surface area contributed by atoms with E-state index in [4.69, 9.17) is 5.73 Å². The van der Waals surface area contributed by atoms with Crippen LogP contribution in [0.1, 0.15) is 69.7 Å². The number of benzene rings is 1. The van der Waals surface area contributed by atoms with Crippen molar-refractivity contribution in [2.45, 2.75) is 62.3 Å². The lowest BCUT2D eigenvalue weighted by Gasteiger charge is -2.23. The van der Waals surface area contributed by atoms with Crippen LogP contribution in [0.2, 0.25) is 0 Å². The van der Waals surface area contributed by atoms with Gasteiger partial charge in [-0.2, -0.15) is 4.31 Å². The zero-order chi connectivity index (χ0) is 22.2. The Balaban J connectivity index is 1.53. The number of anilines is 1. The molecule has 2 aromatic rings.